The number of nitrogens with one attached hydrogen (secondary N) is 1. The van der Waals surface area contributed by atoms with Gasteiger partial charge in [-0.3, -0.25) is 4.98 Å². The molecule has 0 unspecified atom stereocenters. The Labute approximate surface area is 170 Å². The molecule has 1 aliphatic rings. The van der Waals surface area contributed by atoms with E-state index in [1.807, 2.05) is 6.07 Å². The molecule has 28 heavy (non-hydrogen) atoms. The first-order chi connectivity index (χ1) is 13.6. The number of nitrogens with zero attached hydrogens (tertiary/aromatic N) is 6. The Morgan fingerprint density at radius 1 is 1.25 bits per heavy atom. The minimum atomic E-state index is 0.160. The lowest BCUT2D eigenvalue weighted by molar-refractivity contribution is 0.514. The van der Waals surface area contributed by atoms with Crippen molar-refractivity contribution in [1.82, 2.24) is 29.9 Å². The van der Waals surface area contributed by atoms with Gasteiger partial charge in [-0.1, -0.05) is 18.5 Å². The molecule has 1 fully saturated rings. The number of rotatable bonds is 4. The van der Waals surface area contributed by atoms with Gasteiger partial charge in [-0.25, -0.2) is 19.9 Å². The number of hydrogen-bond donors (Lipinski definition) is 2. The fourth-order valence-corrected chi connectivity index (χ4v) is 4.39. The third-order valence-corrected chi connectivity index (χ3v) is 5.94. The highest BCUT2D eigenvalue weighted by Gasteiger charge is 2.29. The minimum absolute atomic E-state index is 0.160. The molecule has 0 atom stereocenters. The quantitative estimate of drug-likeness (QED) is 0.492. The highest BCUT2D eigenvalue weighted by atomic mass is 35.5. The zero-order valence-corrected chi connectivity index (χ0v) is 16.6. The van der Waals surface area contributed by atoms with Gasteiger partial charge in [0.25, 0.3) is 0 Å². The zero-order chi connectivity index (χ0) is 19.3. The minimum Gasteiger partial charge on any atom is -0.353 e. The lowest BCUT2D eigenvalue weighted by Gasteiger charge is -2.38. The van der Waals surface area contributed by atoms with Crippen molar-refractivity contribution in [2.75, 3.05) is 18.0 Å². The average Bonchev–Trinajstić information content (AvgIpc) is 3.00. The first kappa shape index (κ1) is 17.6. The lowest BCUT2D eigenvalue weighted by Crippen LogP contribution is -2.56. The van der Waals surface area contributed by atoms with Crippen molar-refractivity contribution in [2.45, 2.75) is 29.4 Å². The summed E-state index contributed by atoms with van der Waals surface area (Å²) < 4.78 is 0. The highest BCUT2D eigenvalue weighted by Crippen LogP contribution is 2.37. The second kappa shape index (κ2) is 6.84. The predicted octanol–water partition coefficient (Wildman–Crippen LogP) is 2.81. The highest BCUT2D eigenvalue weighted by molar-refractivity contribution is 7.99. The van der Waals surface area contributed by atoms with Gasteiger partial charge in [-0.15, -0.1) is 0 Å². The Balaban J connectivity index is 1.58. The maximum absolute atomic E-state index is 6.60. The third kappa shape index (κ3) is 2.95. The van der Waals surface area contributed by atoms with E-state index in [1.54, 1.807) is 18.6 Å². The molecule has 0 aliphatic carbocycles. The van der Waals surface area contributed by atoms with Crippen LogP contribution in [0.2, 0.25) is 5.02 Å². The molecule has 5 heterocycles. The van der Waals surface area contributed by atoms with Gasteiger partial charge in [0, 0.05) is 48.3 Å². The van der Waals surface area contributed by atoms with E-state index < -0.39 is 0 Å². The summed E-state index contributed by atoms with van der Waals surface area (Å²) in [7, 11) is 0. The lowest BCUT2D eigenvalue weighted by atomic mass is 10.1. The van der Waals surface area contributed by atoms with Crippen LogP contribution in [0.5, 0.6) is 0 Å². The van der Waals surface area contributed by atoms with Crippen molar-refractivity contribution in [3.8, 4) is 0 Å². The molecule has 0 amide bonds. The number of halogens is 1. The van der Waals surface area contributed by atoms with E-state index in [0.29, 0.717) is 15.8 Å². The molecule has 4 aromatic heterocycles. The molecule has 1 aliphatic heterocycles. The molecule has 142 valence electrons. The second-order valence-electron chi connectivity index (χ2n) is 6.66. The van der Waals surface area contributed by atoms with E-state index in [9.17, 15) is 0 Å². The Bertz CT molecular complexity index is 1190. The van der Waals surface area contributed by atoms with Gasteiger partial charge in [0.15, 0.2) is 10.8 Å². The van der Waals surface area contributed by atoms with E-state index in [-0.39, 0.29) is 6.04 Å². The van der Waals surface area contributed by atoms with E-state index in [1.165, 1.54) is 11.8 Å². The Kier molecular flexibility index (Phi) is 4.30. The zero-order valence-electron chi connectivity index (χ0n) is 15.1. The number of pyridine rings is 1. The maximum atomic E-state index is 6.60. The number of hydrogen-bond acceptors (Lipinski definition) is 8. The van der Waals surface area contributed by atoms with Crippen molar-refractivity contribution in [1.29, 1.82) is 0 Å². The van der Waals surface area contributed by atoms with Gasteiger partial charge in [0.05, 0.1) is 10.4 Å². The number of nitrogens with two attached hydrogens (primary N) is 1. The molecule has 8 nitrogen and oxygen atoms in total. The van der Waals surface area contributed by atoms with Crippen LogP contribution in [0.4, 0.5) is 5.82 Å². The van der Waals surface area contributed by atoms with Crippen LogP contribution in [0.3, 0.4) is 0 Å². The summed E-state index contributed by atoms with van der Waals surface area (Å²) in [4.78, 5) is 28.7. The normalized spacial score (nSPS) is 14.8. The van der Waals surface area contributed by atoms with Crippen LogP contribution in [0.1, 0.15) is 12.6 Å². The molecular formula is C18H17ClN8S. The molecule has 0 saturated carbocycles. The molecule has 1 saturated heterocycles. The van der Waals surface area contributed by atoms with E-state index in [2.05, 4.69) is 31.8 Å². The Morgan fingerprint density at radius 3 is 2.86 bits per heavy atom. The third-order valence-electron chi connectivity index (χ3n) is 4.69. The standard InChI is InChI=1S/C18H17ClN8S/c1-2-11-14(19)13-16(24-11)25-18(26-17(13)27-7-9(20)8-27)28-10-5-12-15(23-6-10)22-4-3-21-12/h3-6,9H,2,7-8,20H2,1H3,(H,24,25,26). The fraction of sp³-hybridized carbons (Fsp3) is 0.278. The van der Waals surface area contributed by atoms with Crippen LogP contribution in [-0.2, 0) is 6.42 Å². The van der Waals surface area contributed by atoms with Crippen LogP contribution in [0.15, 0.2) is 34.7 Å². The monoisotopic (exact) mass is 412 g/mol. The summed E-state index contributed by atoms with van der Waals surface area (Å²) >= 11 is 8.03. The van der Waals surface area contributed by atoms with Gasteiger partial charge in [-0.2, -0.15) is 0 Å². The molecule has 10 heteroatoms. The van der Waals surface area contributed by atoms with Crippen molar-refractivity contribution in [3.63, 3.8) is 0 Å². The second-order valence-corrected chi connectivity index (χ2v) is 8.08. The SMILES string of the molecule is CCc1[nH]c2nc(Sc3cnc4nccnc4c3)nc(N3CC(N)C3)c2c1Cl. The number of H-pyrrole nitrogens is 1. The van der Waals surface area contributed by atoms with Crippen LogP contribution < -0.4 is 10.6 Å². The fourth-order valence-electron chi connectivity index (χ4n) is 3.27. The maximum Gasteiger partial charge on any atom is 0.196 e. The molecule has 3 N–H and O–H groups in total. The topological polar surface area (TPSA) is 109 Å². The first-order valence-corrected chi connectivity index (χ1v) is 10.1. The molecule has 0 aromatic carbocycles. The molecule has 0 spiro atoms. The number of aryl methyl sites for hydroxylation is 1. The number of aromatic nitrogens is 6. The van der Waals surface area contributed by atoms with E-state index in [4.69, 9.17) is 27.3 Å². The smallest absolute Gasteiger partial charge is 0.196 e. The van der Waals surface area contributed by atoms with Crippen molar-refractivity contribution in [2.24, 2.45) is 5.73 Å². The summed E-state index contributed by atoms with van der Waals surface area (Å²) in [6, 6.07) is 2.10. The van der Waals surface area contributed by atoms with Crippen LogP contribution in [0.25, 0.3) is 22.2 Å². The van der Waals surface area contributed by atoms with Gasteiger partial charge in [0.2, 0.25) is 0 Å². The number of fused-ring (bicyclic) bond motifs is 2. The van der Waals surface area contributed by atoms with Crippen molar-refractivity contribution in [3.05, 3.63) is 35.4 Å². The van der Waals surface area contributed by atoms with Crippen molar-refractivity contribution >= 4 is 51.4 Å². The summed E-state index contributed by atoms with van der Waals surface area (Å²) in [5.74, 6) is 0.823. The summed E-state index contributed by atoms with van der Waals surface area (Å²) in [5.41, 5.74) is 9.03. The molecular weight excluding hydrogens is 396 g/mol. The molecule has 0 radical (unpaired) electrons. The number of anilines is 1. The van der Waals surface area contributed by atoms with Crippen LogP contribution in [-0.4, -0.2) is 49.0 Å². The largest absolute Gasteiger partial charge is 0.353 e. The molecule has 5 rings (SSSR count). The van der Waals surface area contributed by atoms with Crippen LogP contribution >= 0.6 is 23.4 Å². The molecule has 4 aromatic rings. The van der Waals surface area contributed by atoms with E-state index in [0.717, 1.165) is 52.5 Å². The number of aromatic amines is 1. The predicted molar refractivity (Wildman–Crippen MR) is 110 cm³/mol. The van der Waals surface area contributed by atoms with E-state index >= 15 is 0 Å². The molecule has 0 bridgehead atoms. The van der Waals surface area contributed by atoms with Gasteiger partial charge in [-0.05, 0) is 24.2 Å². The average molecular weight is 413 g/mol. The summed E-state index contributed by atoms with van der Waals surface area (Å²) in [6.07, 6.45) is 5.83. The Hall–Kier alpha value is -2.49. The van der Waals surface area contributed by atoms with Gasteiger partial charge < -0.3 is 15.6 Å². The first-order valence-electron chi connectivity index (χ1n) is 8.95. The summed E-state index contributed by atoms with van der Waals surface area (Å²) in [5, 5.41) is 2.16. The van der Waals surface area contributed by atoms with Crippen molar-refractivity contribution < 1.29 is 0 Å². The van der Waals surface area contributed by atoms with Gasteiger partial charge in [0.1, 0.15) is 17.0 Å². The van der Waals surface area contributed by atoms with Gasteiger partial charge >= 0.3 is 0 Å². The van der Waals surface area contributed by atoms with Crippen LogP contribution in [0, 0.1) is 0 Å². The summed E-state index contributed by atoms with van der Waals surface area (Å²) in [6.45, 7) is 3.57. The Morgan fingerprint density at radius 2 is 2.07 bits per heavy atom.